The largest absolute Gasteiger partial charge is 0.351 e. The van der Waals surface area contributed by atoms with E-state index in [0.717, 1.165) is 12.8 Å². The number of carbonyl (C=O) groups excluding carboxylic acids is 2. The standard InChI is InChI=1S/C19H15N9O2/c20-8-10-3-1-2-4-13(10)23-17-25-15-11(7-14-16(29)26-19(30)24-14)9-21-28(15)18(27-17)22-12-5-6-12/h1-4,7,9,12H,5-6H2,(H2,22,23,25,27)(H2,24,26,29,30)/b14-7-. The molecule has 1 aliphatic heterocycles. The molecule has 3 aromatic rings. The summed E-state index contributed by atoms with van der Waals surface area (Å²) >= 11 is 0. The fourth-order valence-electron chi connectivity index (χ4n) is 3.00. The average molecular weight is 401 g/mol. The quantitative estimate of drug-likeness (QED) is 0.371. The van der Waals surface area contributed by atoms with Gasteiger partial charge in [-0.3, -0.25) is 10.1 Å². The zero-order valence-electron chi connectivity index (χ0n) is 15.5. The van der Waals surface area contributed by atoms with Crippen LogP contribution in [0.3, 0.4) is 0 Å². The molecular formula is C19H15N9O2. The van der Waals surface area contributed by atoms with Crippen molar-refractivity contribution in [3.63, 3.8) is 0 Å². The van der Waals surface area contributed by atoms with Crippen LogP contribution < -0.4 is 21.3 Å². The molecular weight excluding hydrogens is 386 g/mol. The minimum atomic E-state index is -0.580. The molecule has 11 nitrogen and oxygen atoms in total. The lowest BCUT2D eigenvalue weighted by molar-refractivity contribution is -0.115. The van der Waals surface area contributed by atoms with E-state index in [1.807, 2.05) is 0 Å². The number of hydrogen-bond donors (Lipinski definition) is 4. The number of anilines is 3. The highest BCUT2D eigenvalue weighted by molar-refractivity contribution is 6.14. The Morgan fingerprint density at radius 1 is 1.20 bits per heavy atom. The van der Waals surface area contributed by atoms with E-state index < -0.39 is 11.9 Å². The summed E-state index contributed by atoms with van der Waals surface area (Å²) in [6.07, 6.45) is 5.12. The van der Waals surface area contributed by atoms with Crippen molar-refractivity contribution in [1.82, 2.24) is 30.2 Å². The molecule has 1 saturated heterocycles. The van der Waals surface area contributed by atoms with Crippen LogP contribution in [-0.4, -0.2) is 37.6 Å². The van der Waals surface area contributed by atoms with E-state index in [-0.39, 0.29) is 11.6 Å². The summed E-state index contributed by atoms with van der Waals surface area (Å²) in [5.41, 5.74) is 2.10. The molecule has 4 N–H and O–H groups in total. The van der Waals surface area contributed by atoms with Crippen molar-refractivity contribution in [3.8, 4) is 6.07 Å². The second kappa shape index (κ2) is 6.85. The van der Waals surface area contributed by atoms with Crippen LogP contribution in [0.5, 0.6) is 0 Å². The maximum atomic E-state index is 11.9. The highest BCUT2D eigenvalue weighted by Gasteiger charge is 2.26. The first kappa shape index (κ1) is 17.6. The summed E-state index contributed by atoms with van der Waals surface area (Å²) in [4.78, 5) is 32.3. The number of urea groups is 1. The summed E-state index contributed by atoms with van der Waals surface area (Å²) in [6.45, 7) is 0. The molecule has 0 unspecified atom stereocenters. The number of aromatic nitrogens is 4. The number of hydrogen-bond acceptors (Lipinski definition) is 8. The van der Waals surface area contributed by atoms with E-state index in [4.69, 9.17) is 0 Å². The highest BCUT2D eigenvalue weighted by atomic mass is 16.2. The minimum Gasteiger partial charge on any atom is -0.351 e. The summed E-state index contributed by atoms with van der Waals surface area (Å²) in [6, 6.07) is 8.90. The third-order valence-corrected chi connectivity index (χ3v) is 4.62. The molecule has 2 aliphatic rings. The van der Waals surface area contributed by atoms with Crippen molar-refractivity contribution in [2.45, 2.75) is 18.9 Å². The number of amides is 3. The lowest BCUT2D eigenvalue weighted by Crippen LogP contribution is -2.22. The van der Waals surface area contributed by atoms with Crippen molar-refractivity contribution < 1.29 is 9.59 Å². The van der Waals surface area contributed by atoms with Gasteiger partial charge in [0, 0.05) is 11.6 Å². The molecule has 2 aromatic heterocycles. The number of benzene rings is 1. The Bertz CT molecular complexity index is 1270. The molecule has 0 spiro atoms. The van der Waals surface area contributed by atoms with Gasteiger partial charge >= 0.3 is 6.03 Å². The van der Waals surface area contributed by atoms with Gasteiger partial charge in [-0.05, 0) is 31.1 Å². The van der Waals surface area contributed by atoms with Crippen molar-refractivity contribution in [3.05, 3.63) is 47.3 Å². The normalized spacial score (nSPS) is 17.0. The third kappa shape index (κ3) is 3.26. The Morgan fingerprint density at radius 2 is 2.03 bits per heavy atom. The molecule has 1 aromatic carbocycles. The number of nitrogens with one attached hydrogen (secondary N) is 4. The third-order valence-electron chi connectivity index (χ3n) is 4.62. The van der Waals surface area contributed by atoms with E-state index in [0.29, 0.717) is 34.5 Å². The SMILES string of the molecule is N#Cc1ccccc1Nc1nc(NC2CC2)n2ncc(/C=C3\NC(=O)NC3=O)c2n1. The number of carbonyl (C=O) groups is 2. The van der Waals surface area contributed by atoms with E-state index in [2.05, 4.69) is 42.4 Å². The number of nitrogens with zero attached hydrogens (tertiary/aromatic N) is 5. The Labute approximate surface area is 169 Å². The summed E-state index contributed by atoms with van der Waals surface area (Å²) in [7, 11) is 0. The number of fused-ring (bicyclic) bond motifs is 1. The van der Waals surface area contributed by atoms with Crippen LogP contribution >= 0.6 is 0 Å². The van der Waals surface area contributed by atoms with Crippen molar-refractivity contribution in [2.24, 2.45) is 0 Å². The Kier molecular flexibility index (Phi) is 4.03. The summed E-state index contributed by atoms with van der Waals surface area (Å²) < 4.78 is 1.54. The van der Waals surface area contributed by atoms with Crippen LogP contribution in [-0.2, 0) is 4.79 Å². The average Bonchev–Trinajstić information content (AvgIpc) is 3.37. The molecule has 1 aliphatic carbocycles. The molecule has 0 bridgehead atoms. The molecule has 3 heterocycles. The number of para-hydroxylation sites is 1. The molecule has 11 heteroatoms. The molecule has 3 amide bonds. The van der Waals surface area contributed by atoms with Crippen molar-refractivity contribution in [1.29, 1.82) is 5.26 Å². The fourth-order valence-corrected chi connectivity index (χ4v) is 3.00. The van der Waals surface area contributed by atoms with Crippen LogP contribution in [0, 0.1) is 11.3 Å². The molecule has 0 radical (unpaired) electrons. The second-order valence-corrected chi connectivity index (χ2v) is 6.87. The number of nitriles is 1. The van der Waals surface area contributed by atoms with Crippen LogP contribution in [0.1, 0.15) is 24.0 Å². The van der Waals surface area contributed by atoms with Crippen molar-refractivity contribution in [2.75, 3.05) is 10.6 Å². The van der Waals surface area contributed by atoms with Gasteiger partial charge in [0.2, 0.25) is 11.9 Å². The molecule has 2 fully saturated rings. The predicted molar refractivity (Wildman–Crippen MR) is 107 cm³/mol. The van der Waals surface area contributed by atoms with E-state index in [1.165, 1.54) is 6.08 Å². The van der Waals surface area contributed by atoms with Gasteiger partial charge in [0.05, 0.1) is 17.4 Å². The van der Waals surface area contributed by atoms with Gasteiger partial charge in [-0.2, -0.15) is 24.8 Å². The van der Waals surface area contributed by atoms with Crippen molar-refractivity contribution >= 4 is 41.2 Å². The maximum absolute atomic E-state index is 11.9. The minimum absolute atomic E-state index is 0.106. The summed E-state index contributed by atoms with van der Waals surface area (Å²) in [5.74, 6) is 0.239. The van der Waals surface area contributed by atoms with Crippen LogP contribution in [0.25, 0.3) is 11.7 Å². The molecule has 148 valence electrons. The Morgan fingerprint density at radius 3 is 2.77 bits per heavy atom. The van der Waals surface area contributed by atoms with E-state index >= 15 is 0 Å². The Balaban J connectivity index is 1.59. The van der Waals surface area contributed by atoms with Gasteiger partial charge in [-0.15, -0.1) is 0 Å². The van der Waals surface area contributed by atoms with E-state index in [9.17, 15) is 14.9 Å². The van der Waals surface area contributed by atoms with Gasteiger partial charge in [0.1, 0.15) is 11.8 Å². The zero-order valence-corrected chi connectivity index (χ0v) is 15.5. The van der Waals surface area contributed by atoms with Gasteiger partial charge in [0.15, 0.2) is 5.65 Å². The van der Waals surface area contributed by atoms with Crippen LogP contribution in [0.4, 0.5) is 22.4 Å². The lowest BCUT2D eigenvalue weighted by Gasteiger charge is -2.11. The first-order valence-corrected chi connectivity index (χ1v) is 9.23. The smallest absolute Gasteiger partial charge is 0.326 e. The molecule has 5 rings (SSSR count). The first-order valence-electron chi connectivity index (χ1n) is 9.23. The number of imide groups is 1. The monoisotopic (exact) mass is 401 g/mol. The summed E-state index contributed by atoms with van der Waals surface area (Å²) in [5, 5.41) is 24.7. The molecule has 1 saturated carbocycles. The maximum Gasteiger partial charge on any atom is 0.326 e. The first-order chi connectivity index (χ1) is 14.6. The topological polar surface area (TPSA) is 149 Å². The van der Waals surface area contributed by atoms with Gasteiger partial charge in [-0.1, -0.05) is 12.1 Å². The predicted octanol–water partition coefficient (Wildman–Crippen LogP) is 1.49. The van der Waals surface area contributed by atoms with E-state index in [1.54, 1.807) is 35.0 Å². The lowest BCUT2D eigenvalue weighted by atomic mass is 10.2. The zero-order chi connectivity index (χ0) is 20.7. The molecule has 0 atom stereocenters. The second-order valence-electron chi connectivity index (χ2n) is 6.87. The highest BCUT2D eigenvalue weighted by Crippen LogP contribution is 2.27. The van der Waals surface area contributed by atoms with Gasteiger partial charge < -0.3 is 16.0 Å². The Hall–Kier alpha value is -4.46. The van der Waals surface area contributed by atoms with Gasteiger partial charge in [0.25, 0.3) is 5.91 Å². The van der Waals surface area contributed by atoms with Crippen LogP contribution in [0.2, 0.25) is 0 Å². The van der Waals surface area contributed by atoms with Crippen LogP contribution in [0.15, 0.2) is 36.2 Å². The number of rotatable bonds is 5. The molecule has 30 heavy (non-hydrogen) atoms. The van der Waals surface area contributed by atoms with Gasteiger partial charge in [-0.25, -0.2) is 4.79 Å². The fraction of sp³-hybridized carbons (Fsp3) is 0.158.